The van der Waals surface area contributed by atoms with Gasteiger partial charge >= 0.3 is 5.97 Å². The third kappa shape index (κ3) is 1.74. The van der Waals surface area contributed by atoms with Crippen LogP contribution in [-0.4, -0.2) is 16.1 Å². The second-order valence-electron chi connectivity index (χ2n) is 4.79. The monoisotopic (exact) mass is 308 g/mol. The van der Waals surface area contributed by atoms with Gasteiger partial charge in [0.25, 0.3) is 0 Å². The maximum Gasteiger partial charge on any atom is 0.306 e. The molecule has 1 aliphatic rings. The van der Waals surface area contributed by atoms with Crippen molar-refractivity contribution < 1.29 is 9.90 Å². The number of aromatic amines is 1. The highest BCUT2D eigenvalue weighted by atomic mass is 79.9. The third-order valence-corrected chi connectivity index (χ3v) is 4.08. The number of carboxylic acids is 1. The number of aromatic nitrogens is 1. The van der Waals surface area contributed by atoms with Crippen molar-refractivity contribution in [3.8, 4) is 0 Å². The highest BCUT2D eigenvalue weighted by Crippen LogP contribution is 2.37. The molecule has 1 heterocycles. The van der Waals surface area contributed by atoms with E-state index >= 15 is 0 Å². The molecule has 5 heteroatoms. The molecular formula is C13H13BrN2O2. The molecular weight excluding hydrogens is 296 g/mol. The lowest BCUT2D eigenvalue weighted by Gasteiger charge is -2.24. The van der Waals surface area contributed by atoms with Crippen LogP contribution in [0.1, 0.15) is 23.7 Å². The highest BCUT2D eigenvalue weighted by molar-refractivity contribution is 9.10. The summed E-state index contributed by atoms with van der Waals surface area (Å²) in [6, 6.07) is 5.79. The molecule has 0 radical (unpaired) electrons. The standard InChI is InChI=1S/C13H13BrN2O2/c14-7-1-2-8-10(5-7)16-11-4-6(13(17)18)3-9(15)12(8)11/h1-2,5-6,9,16H,3-4,15H2,(H,17,18). The van der Waals surface area contributed by atoms with Gasteiger partial charge < -0.3 is 15.8 Å². The number of hydrogen-bond acceptors (Lipinski definition) is 2. The molecule has 0 saturated carbocycles. The molecule has 0 saturated heterocycles. The topological polar surface area (TPSA) is 79.1 Å². The summed E-state index contributed by atoms with van der Waals surface area (Å²) in [6.07, 6.45) is 1.04. The van der Waals surface area contributed by atoms with Gasteiger partial charge in [0.2, 0.25) is 0 Å². The summed E-state index contributed by atoms with van der Waals surface area (Å²) in [5, 5.41) is 10.2. The fourth-order valence-electron chi connectivity index (χ4n) is 2.77. The minimum absolute atomic E-state index is 0.204. The lowest BCUT2D eigenvalue weighted by atomic mass is 9.84. The number of aliphatic carboxylic acids is 1. The normalized spacial score (nSPS) is 23.0. The Hall–Kier alpha value is -1.33. The van der Waals surface area contributed by atoms with Crippen molar-refractivity contribution >= 4 is 32.8 Å². The number of halogens is 1. The summed E-state index contributed by atoms with van der Waals surface area (Å²) in [6.45, 7) is 0. The predicted molar refractivity (Wildman–Crippen MR) is 72.4 cm³/mol. The van der Waals surface area contributed by atoms with E-state index in [-0.39, 0.29) is 12.0 Å². The van der Waals surface area contributed by atoms with Gasteiger partial charge in [-0.3, -0.25) is 4.79 Å². The van der Waals surface area contributed by atoms with Gasteiger partial charge in [0.15, 0.2) is 0 Å². The number of carbonyl (C=O) groups is 1. The molecule has 18 heavy (non-hydrogen) atoms. The van der Waals surface area contributed by atoms with Crippen LogP contribution >= 0.6 is 15.9 Å². The van der Waals surface area contributed by atoms with E-state index in [1.54, 1.807) is 0 Å². The Labute approximate surface area is 112 Å². The number of rotatable bonds is 1. The zero-order valence-electron chi connectivity index (χ0n) is 9.61. The molecule has 4 N–H and O–H groups in total. The third-order valence-electron chi connectivity index (χ3n) is 3.59. The van der Waals surface area contributed by atoms with E-state index in [2.05, 4.69) is 20.9 Å². The van der Waals surface area contributed by atoms with Crippen molar-refractivity contribution in [2.75, 3.05) is 0 Å². The Morgan fingerprint density at radius 2 is 2.28 bits per heavy atom. The van der Waals surface area contributed by atoms with E-state index in [0.29, 0.717) is 12.8 Å². The molecule has 0 aliphatic heterocycles. The molecule has 0 spiro atoms. The average molecular weight is 309 g/mol. The molecule has 0 amide bonds. The van der Waals surface area contributed by atoms with Gasteiger partial charge in [0.05, 0.1) is 5.92 Å². The van der Waals surface area contributed by atoms with Crippen LogP contribution in [0.3, 0.4) is 0 Å². The van der Waals surface area contributed by atoms with Gasteiger partial charge in [-0.05, 0) is 24.1 Å². The molecule has 0 fully saturated rings. The van der Waals surface area contributed by atoms with Gasteiger partial charge in [0.1, 0.15) is 0 Å². The summed E-state index contributed by atoms with van der Waals surface area (Å²) in [7, 11) is 0. The Morgan fingerprint density at radius 3 is 3.00 bits per heavy atom. The summed E-state index contributed by atoms with van der Waals surface area (Å²) in [4.78, 5) is 14.4. The molecule has 94 valence electrons. The quantitative estimate of drug-likeness (QED) is 0.757. The van der Waals surface area contributed by atoms with Crippen LogP contribution in [-0.2, 0) is 11.2 Å². The first-order chi connectivity index (χ1) is 8.56. The largest absolute Gasteiger partial charge is 0.481 e. The number of hydrogen-bond donors (Lipinski definition) is 3. The first kappa shape index (κ1) is 11.7. The maximum absolute atomic E-state index is 11.1. The first-order valence-corrected chi connectivity index (χ1v) is 6.64. The summed E-state index contributed by atoms with van der Waals surface area (Å²) < 4.78 is 0.997. The lowest BCUT2D eigenvalue weighted by Crippen LogP contribution is -2.28. The van der Waals surface area contributed by atoms with Crippen LogP contribution in [0.2, 0.25) is 0 Å². The Kier molecular flexibility index (Phi) is 2.68. The van der Waals surface area contributed by atoms with Gasteiger partial charge in [-0.15, -0.1) is 0 Å². The maximum atomic E-state index is 11.1. The van der Waals surface area contributed by atoms with Crippen molar-refractivity contribution in [2.45, 2.75) is 18.9 Å². The Bertz CT molecular complexity index is 635. The highest BCUT2D eigenvalue weighted by Gasteiger charge is 2.31. The van der Waals surface area contributed by atoms with E-state index in [1.165, 1.54) is 0 Å². The van der Waals surface area contributed by atoms with Gasteiger partial charge in [-0.1, -0.05) is 22.0 Å². The van der Waals surface area contributed by atoms with Crippen LogP contribution in [0.5, 0.6) is 0 Å². The van der Waals surface area contributed by atoms with E-state index in [4.69, 9.17) is 10.8 Å². The smallest absolute Gasteiger partial charge is 0.306 e. The number of nitrogens with one attached hydrogen (secondary N) is 1. The van der Waals surface area contributed by atoms with Crippen molar-refractivity contribution in [1.82, 2.24) is 4.98 Å². The van der Waals surface area contributed by atoms with E-state index < -0.39 is 5.97 Å². The summed E-state index contributed by atoms with van der Waals surface area (Å²) in [5.74, 6) is -1.15. The minimum Gasteiger partial charge on any atom is -0.481 e. The van der Waals surface area contributed by atoms with Crippen molar-refractivity contribution in [1.29, 1.82) is 0 Å². The SMILES string of the molecule is NC1CC(C(=O)O)Cc2[nH]c3cc(Br)ccc3c21. The molecule has 1 aromatic carbocycles. The molecule has 2 aromatic rings. The molecule has 2 unspecified atom stereocenters. The van der Waals surface area contributed by atoms with Crippen molar-refractivity contribution in [3.05, 3.63) is 33.9 Å². The van der Waals surface area contributed by atoms with Gasteiger partial charge in [-0.25, -0.2) is 0 Å². The van der Waals surface area contributed by atoms with Gasteiger partial charge in [0, 0.05) is 33.5 Å². The fourth-order valence-corrected chi connectivity index (χ4v) is 3.14. The average Bonchev–Trinajstić information content (AvgIpc) is 2.66. The molecule has 1 aliphatic carbocycles. The van der Waals surface area contributed by atoms with Crippen LogP contribution in [0.25, 0.3) is 10.9 Å². The van der Waals surface area contributed by atoms with Crippen LogP contribution in [0, 0.1) is 5.92 Å². The van der Waals surface area contributed by atoms with E-state index in [1.807, 2.05) is 18.2 Å². The molecule has 0 bridgehead atoms. The van der Waals surface area contributed by atoms with E-state index in [9.17, 15) is 4.79 Å². The number of nitrogens with two attached hydrogens (primary N) is 1. The van der Waals surface area contributed by atoms with Crippen molar-refractivity contribution in [3.63, 3.8) is 0 Å². The zero-order valence-corrected chi connectivity index (χ0v) is 11.2. The Balaban J connectivity index is 2.15. The minimum atomic E-state index is -0.768. The first-order valence-electron chi connectivity index (χ1n) is 5.84. The Morgan fingerprint density at radius 1 is 1.50 bits per heavy atom. The summed E-state index contributed by atoms with van der Waals surface area (Å²) in [5.41, 5.74) is 9.18. The zero-order chi connectivity index (χ0) is 12.9. The van der Waals surface area contributed by atoms with E-state index in [0.717, 1.165) is 26.6 Å². The van der Waals surface area contributed by atoms with Crippen LogP contribution in [0.15, 0.2) is 22.7 Å². The number of fused-ring (bicyclic) bond motifs is 3. The second-order valence-corrected chi connectivity index (χ2v) is 5.70. The molecule has 3 rings (SSSR count). The van der Waals surface area contributed by atoms with Crippen LogP contribution in [0.4, 0.5) is 0 Å². The van der Waals surface area contributed by atoms with Crippen LogP contribution < -0.4 is 5.73 Å². The molecule has 2 atom stereocenters. The number of carboxylic acid groups (broad SMARTS) is 1. The van der Waals surface area contributed by atoms with Gasteiger partial charge in [-0.2, -0.15) is 0 Å². The summed E-state index contributed by atoms with van der Waals surface area (Å²) >= 11 is 3.43. The number of H-pyrrole nitrogens is 1. The predicted octanol–water partition coefficient (Wildman–Crippen LogP) is 2.58. The molecule has 4 nitrogen and oxygen atoms in total. The lowest BCUT2D eigenvalue weighted by molar-refractivity contribution is -0.142. The fraction of sp³-hybridized carbons (Fsp3) is 0.308. The number of benzene rings is 1. The van der Waals surface area contributed by atoms with Crippen molar-refractivity contribution in [2.24, 2.45) is 11.7 Å². The second kappa shape index (κ2) is 4.10. The molecule has 1 aromatic heterocycles.